The highest BCUT2D eigenvalue weighted by Crippen LogP contribution is 2.47. The Balaban J connectivity index is 0.912. The molecule has 2 saturated heterocycles. The molecule has 7 atom stereocenters. The van der Waals surface area contributed by atoms with Gasteiger partial charge in [0.1, 0.15) is 0 Å². The van der Waals surface area contributed by atoms with Gasteiger partial charge < -0.3 is 19.1 Å². The van der Waals surface area contributed by atoms with Crippen molar-refractivity contribution in [3.63, 3.8) is 0 Å². The van der Waals surface area contributed by atoms with E-state index in [-0.39, 0.29) is 17.3 Å². The zero-order valence-electron chi connectivity index (χ0n) is 29.3. The van der Waals surface area contributed by atoms with Crippen LogP contribution < -0.4 is 10.6 Å². The number of hydrogen-bond donors (Lipinski definition) is 2. The number of nitrogens with one attached hydrogen (secondary N) is 2. The van der Waals surface area contributed by atoms with Crippen LogP contribution in [-0.4, -0.2) is 74.7 Å². The lowest BCUT2D eigenvalue weighted by molar-refractivity contribution is -0.150. The van der Waals surface area contributed by atoms with Crippen molar-refractivity contribution in [3.8, 4) is 0 Å². The maximum atomic E-state index is 12.1. The molecule has 0 bridgehead atoms. The molecule has 7 heteroatoms. The minimum Gasteiger partial charge on any atom is -0.466 e. The molecular formula is C39H63N3O4. The van der Waals surface area contributed by atoms with Crippen LogP contribution in [0.2, 0.25) is 0 Å². The highest BCUT2D eigenvalue weighted by atomic mass is 16.5. The Labute approximate surface area is 279 Å². The molecule has 5 fully saturated rings. The quantitative estimate of drug-likeness (QED) is 0.213. The Hall–Kier alpha value is -1.51. The molecule has 0 amide bonds. The first-order valence-electron chi connectivity index (χ1n) is 19.0. The number of rotatable bonds is 11. The Morgan fingerprint density at radius 1 is 0.913 bits per heavy atom. The zero-order chi connectivity index (χ0) is 32.1. The Morgan fingerprint density at radius 2 is 1.63 bits per heavy atom. The molecule has 1 aromatic rings. The summed E-state index contributed by atoms with van der Waals surface area (Å²) in [6, 6.07) is 10.1. The van der Waals surface area contributed by atoms with E-state index in [0.29, 0.717) is 31.0 Å². The summed E-state index contributed by atoms with van der Waals surface area (Å²) in [6.45, 7) is 15.0. The predicted octanol–water partition coefficient (Wildman–Crippen LogP) is 6.47. The van der Waals surface area contributed by atoms with Gasteiger partial charge in [-0.1, -0.05) is 36.8 Å². The van der Waals surface area contributed by atoms with E-state index in [1.54, 1.807) is 0 Å². The number of benzene rings is 1. The van der Waals surface area contributed by atoms with Gasteiger partial charge in [0.15, 0.2) is 0 Å². The maximum absolute atomic E-state index is 12.1. The molecule has 46 heavy (non-hydrogen) atoms. The summed E-state index contributed by atoms with van der Waals surface area (Å²) < 4.78 is 18.0. The highest BCUT2D eigenvalue weighted by molar-refractivity contribution is 5.72. The van der Waals surface area contributed by atoms with E-state index in [9.17, 15) is 4.79 Å². The summed E-state index contributed by atoms with van der Waals surface area (Å²) in [5.74, 6) is 3.20. The lowest BCUT2D eigenvalue weighted by atomic mass is 9.60. The largest absolute Gasteiger partial charge is 0.466 e. The predicted molar refractivity (Wildman–Crippen MR) is 183 cm³/mol. The van der Waals surface area contributed by atoms with Gasteiger partial charge in [-0.25, -0.2) is 0 Å². The van der Waals surface area contributed by atoms with Crippen molar-refractivity contribution in [2.45, 2.75) is 129 Å². The van der Waals surface area contributed by atoms with Gasteiger partial charge in [-0.3, -0.25) is 15.4 Å². The number of likely N-dealkylation sites (tertiary alicyclic amines) is 1. The van der Waals surface area contributed by atoms with Crippen LogP contribution in [0.1, 0.15) is 103 Å². The van der Waals surface area contributed by atoms with Gasteiger partial charge >= 0.3 is 5.97 Å². The van der Waals surface area contributed by atoms with Crippen molar-refractivity contribution in [2.75, 3.05) is 39.5 Å². The summed E-state index contributed by atoms with van der Waals surface area (Å²) >= 11 is 0. The third-order valence-electron chi connectivity index (χ3n) is 12.7. The van der Waals surface area contributed by atoms with E-state index >= 15 is 0 Å². The monoisotopic (exact) mass is 637 g/mol. The molecule has 2 heterocycles. The molecule has 3 saturated carbocycles. The van der Waals surface area contributed by atoms with Crippen LogP contribution in [0.3, 0.4) is 0 Å². The molecule has 7 unspecified atom stereocenters. The fraction of sp³-hybridized carbons (Fsp3) is 0.821. The number of esters is 1. The molecule has 7 nitrogen and oxygen atoms in total. The summed E-state index contributed by atoms with van der Waals surface area (Å²) in [5, 5.41) is 8.10. The van der Waals surface area contributed by atoms with Crippen LogP contribution in [0.5, 0.6) is 0 Å². The van der Waals surface area contributed by atoms with E-state index in [1.165, 1.54) is 69.2 Å². The SMILES string of the molecule is CCOC(=O)C1CCC(C)(COCCN2CCC(C3NC(C)NC4C5CCC(OCc6ccc(C)cc6)CC5CCC34)CC2)CC1. The summed E-state index contributed by atoms with van der Waals surface area (Å²) in [7, 11) is 0. The normalized spacial score (nSPS) is 37.3. The van der Waals surface area contributed by atoms with E-state index in [1.807, 2.05) is 6.92 Å². The minimum absolute atomic E-state index is 0.00589. The van der Waals surface area contributed by atoms with Crippen LogP contribution in [0, 0.1) is 41.9 Å². The van der Waals surface area contributed by atoms with Crippen LogP contribution >= 0.6 is 0 Å². The topological polar surface area (TPSA) is 72.1 Å². The second-order valence-electron chi connectivity index (χ2n) is 16.1. The fourth-order valence-electron chi connectivity index (χ4n) is 9.89. The number of aryl methyl sites for hydroxylation is 1. The zero-order valence-corrected chi connectivity index (χ0v) is 29.3. The Bertz CT molecular complexity index is 1100. The molecule has 2 N–H and O–H groups in total. The summed E-state index contributed by atoms with van der Waals surface area (Å²) in [4.78, 5) is 14.7. The summed E-state index contributed by atoms with van der Waals surface area (Å²) in [5.41, 5.74) is 2.80. The Morgan fingerprint density at radius 3 is 2.37 bits per heavy atom. The van der Waals surface area contributed by atoms with Gasteiger partial charge in [0.2, 0.25) is 0 Å². The van der Waals surface area contributed by atoms with E-state index in [2.05, 4.69) is 60.6 Å². The molecule has 2 aliphatic heterocycles. The van der Waals surface area contributed by atoms with E-state index < -0.39 is 0 Å². The average Bonchev–Trinajstić information content (AvgIpc) is 3.06. The minimum atomic E-state index is -0.00589. The van der Waals surface area contributed by atoms with E-state index in [4.69, 9.17) is 14.2 Å². The first-order valence-corrected chi connectivity index (χ1v) is 19.0. The number of carbonyl (C=O) groups is 1. The first kappa shape index (κ1) is 34.4. The van der Waals surface area contributed by atoms with Gasteiger partial charge in [-0.05, 0) is 139 Å². The Kier molecular flexibility index (Phi) is 11.8. The number of nitrogens with zero attached hydrogens (tertiary/aromatic N) is 1. The van der Waals surface area contributed by atoms with Gasteiger partial charge in [-0.2, -0.15) is 0 Å². The van der Waals surface area contributed by atoms with Crippen molar-refractivity contribution in [2.24, 2.45) is 35.0 Å². The lowest BCUT2D eigenvalue weighted by Gasteiger charge is -2.55. The molecule has 0 aromatic heterocycles. The third-order valence-corrected chi connectivity index (χ3v) is 12.7. The second kappa shape index (κ2) is 15.8. The smallest absolute Gasteiger partial charge is 0.308 e. The van der Waals surface area contributed by atoms with Crippen LogP contribution in [0.25, 0.3) is 0 Å². The average molecular weight is 638 g/mol. The van der Waals surface area contributed by atoms with Crippen molar-refractivity contribution < 1.29 is 19.0 Å². The maximum Gasteiger partial charge on any atom is 0.308 e. The van der Waals surface area contributed by atoms with Crippen molar-refractivity contribution in [1.29, 1.82) is 0 Å². The first-order chi connectivity index (χ1) is 22.3. The van der Waals surface area contributed by atoms with Crippen molar-refractivity contribution in [1.82, 2.24) is 15.5 Å². The van der Waals surface area contributed by atoms with Gasteiger partial charge in [0.25, 0.3) is 0 Å². The number of ether oxygens (including phenoxy) is 3. The van der Waals surface area contributed by atoms with Crippen molar-refractivity contribution in [3.05, 3.63) is 35.4 Å². The summed E-state index contributed by atoms with van der Waals surface area (Å²) in [6.07, 6.45) is 13.8. The van der Waals surface area contributed by atoms with Crippen LogP contribution in [0.15, 0.2) is 24.3 Å². The highest BCUT2D eigenvalue weighted by Gasteiger charge is 2.49. The third kappa shape index (κ3) is 8.55. The molecular weight excluding hydrogens is 574 g/mol. The van der Waals surface area contributed by atoms with Crippen LogP contribution in [0.4, 0.5) is 0 Å². The van der Waals surface area contributed by atoms with Crippen molar-refractivity contribution >= 4 is 5.97 Å². The number of carbonyl (C=O) groups excluding carboxylic acids is 1. The molecule has 3 aliphatic carbocycles. The van der Waals surface area contributed by atoms with E-state index in [0.717, 1.165) is 75.7 Å². The van der Waals surface area contributed by atoms with Gasteiger partial charge in [0.05, 0.1) is 44.6 Å². The second-order valence-corrected chi connectivity index (χ2v) is 16.1. The molecule has 6 rings (SSSR count). The lowest BCUT2D eigenvalue weighted by Crippen LogP contribution is -2.68. The molecule has 0 radical (unpaired) electrons. The van der Waals surface area contributed by atoms with Crippen LogP contribution in [-0.2, 0) is 25.6 Å². The number of piperidine rings is 1. The van der Waals surface area contributed by atoms with Gasteiger partial charge in [0, 0.05) is 18.6 Å². The molecule has 1 aromatic carbocycles. The van der Waals surface area contributed by atoms with Gasteiger partial charge in [-0.15, -0.1) is 0 Å². The molecule has 0 spiro atoms. The number of hydrogen-bond acceptors (Lipinski definition) is 7. The molecule has 258 valence electrons. The standard InChI is InChI=1S/C39H63N3O4/c1-5-45-38(43)31-14-18-39(4,19-15-31)26-44-23-22-42-20-16-30(17-21-42)36-35-12-10-32-24-33(46-25-29-8-6-27(2)7-9-29)11-13-34(32)37(35)41-28(3)40-36/h6-9,28,30-37,40-41H,5,10-26H2,1-4H3. The molecule has 5 aliphatic rings. The fourth-order valence-corrected chi connectivity index (χ4v) is 9.89. The number of fused-ring (bicyclic) bond motifs is 3.